The van der Waals surface area contributed by atoms with Gasteiger partial charge in [-0.2, -0.15) is 5.10 Å². The minimum atomic E-state index is 0.496. The molecule has 0 saturated carbocycles. The molecule has 0 unspecified atom stereocenters. The summed E-state index contributed by atoms with van der Waals surface area (Å²) in [6.07, 6.45) is 1.76. The normalized spacial score (nSPS) is 11.3. The van der Waals surface area contributed by atoms with Crippen LogP contribution in [0, 0.1) is 0 Å². The van der Waals surface area contributed by atoms with Gasteiger partial charge in [0.1, 0.15) is 0 Å². The summed E-state index contributed by atoms with van der Waals surface area (Å²) in [5.41, 5.74) is 7.77. The van der Waals surface area contributed by atoms with E-state index >= 15 is 0 Å². The number of para-hydroxylation sites is 1. The van der Waals surface area contributed by atoms with Gasteiger partial charge in [-0.3, -0.25) is 0 Å². The number of hydrogen-bond donors (Lipinski definition) is 1. The average molecular weight is 236 g/mol. The third-order valence-corrected chi connectivity index (χ3v) is 2.71. The van der Waals surface area contributed by atoms with Crippen LogP contribution < -0.4 is 5.73 Å². The second-order valence-electron chi connectivity index (χ2n) is 3.95. The monoisotopic (exact) mass is 236 g/mol. The van der Waals surface area contributed by atoms with Gasteiger partial charge in [0, 0.05) is 5.39 Å². The zero-order valence-electron chi connectivity index (χ0n) is 9.69. The maximum atomic E-state index is 5.84. The Morgan fingerprint density at radius 3 is 2.56 bits per heavy atom. The highest BCUT2D eigenvalue weighted by molar-refractivity contribution is 5.89. The summed E-state index contributed by atoms with van der Waals surface area (Å²) in [6, 6.07) is 17.6. The van der Waals surface area contributed by atoms with Crippen molar-refractivity contribution in [2.24, 2.45) is 5.10 Å². The van der Waals surface area contributed by atoms with Gasteiger partial charge in [-0.15, -0.1) is 9.89 Å². The first-order valence-corrected chi connectivity index (χ1v) is 5.67. The molecule has 1 aromatic heterocycles. The molecule has 0 fully saturated rings. The SMILES string of the molecule is Nc1nn(N=Cc2ccccc2)c2ccccc12. The molecule has 18 heavy (non-hydrogen) atoms. The van der Waals surface area contributed by atoms with Crippen molar-refractivity contribution in [1.82, 2.24) is 9.89 Å². The molecule has 88 valence electrons. The summed E-state index contributed by atoms with van der Waals surface area (Å²) in [7, 11) is 0. The number of hydrogen-bond acceptors (Lipinski definition) is 3. The largest absolute Gasteiger partial charge is 0.382 e. The van der Waals surface area contributed by atoms with E-state index in [9.17, 15) is 0 Å². The van der Waals surface area contributed by atoms with Crippen LogP contribution in [0.4, 0.5) is 5.82 Å². The van der Waals surface area contributed by atoms with Gasteiger partial charge in [0.15, 0.2) is 5.82 Å². The molecule has 0 aliphatic carbocycles. The average Bonchev–Trinajstić information content (AvgIpc) is 2.75. The van der Waals surface area contributed by atoms with Gasteiger partial charge in [-0.1, -0.05) is 42.5 Å². The minimum absolute atomic E-state index is 0.496. The van der Waals surface area contributed by atoms with Gasteiger partial charge >= 0.3 is 0 Å². The van der Waals surface area contributed by atoms with E-state index in [4.69, 9.17) is 5.73 Å². The number of nitrogen functional groups attached to an aromatic ring is 1. The van der Waals surface area contributed by atoms with Gasteiger partial charge in [0.05, 0.1) is 11.7 Å². The maximum absolute atomic E-state index is 5.84. The number of fused-ring (bicyclic) bond motifs is 1. The van der Waals surface area contributed by atoms with Crippen LogP contribution in [0.5, 0.6) is 0 Å². The molecule has 3 aromatic rings. The summed E-state index contributed by atoms with van der Waals surface area (Å²) in [4.78, 5) is 1.55. The van der Waals surface area contributed by atoms with Crippen molar-refractivity contribution in [2.75, 3.05) is 5.73 Å². The van der Waals surface area contributed by atoms with Crippen LogP contribution in [-0.2, 0) is 0 Å². The molecule has 4 heteroatoms. The van der Waals surface area contributed by atoms with Crippen molar-refractivity contribution in [3.8, 4) is 0 Å². The molecule has 2 N–H and O–H groups in total. The van der Waals surface area contributed by atoms with Gasteiger partial charge < -0.3 is 5.73 Å². The topological polar surface area (TPSA) is 56.2 Å². The lowest BCUT2D eigenvalue weighted by molar-refractivity contribution is 0.778. The molecule has 4 nitrogen and oxygen atoms in total. The Kier molecular flexibility index (Phi) is 2.53. The van der Waals surface area contributed by atoms with E-state index in [1.165, 1.54) is 0 Å². The fourth-order valence-corrected chi connectivity index (χ4v) is 1.82. The Morgan fingerprint density at radius 1 is 1.00 bits per heavy atom. The summed E-state index contributed by atoms with van der Waals surface area (Å²) in [5.74, 6) is 0.496. The summed E-state index contributed by atoms with van der Waals surface area (Å²) in [5, 5.41) is 9.45. The van der Waals surface area contributed by atoms with Crippen LogP contribution in [0.1, 0.15) is 5.56 Å². The lowest BCUT2D eigenvalue weighted by atomic mass is 10.2. The third kappa shape index (κ3) is 1.84. The van der Waals surface area contributed by atoms with Gasteiger partial charge in [-0.25, -0.2) is 0 Å². The third-order valence-electron chi connectivity index (χ3n) is 2.71. The molecule has 0 amide bonds. The number of aromatic nitrogens is 2. The van der Waals surface area contributed by atoms with Crippen molar-refractivity contribution in [1.29, 1.82) is 0 Å². The van der Waals surface area contributed by atoms with Crippen molar-refractivity contribution in [3.05, 3.63) is 60.2 Å². The van der Waals surface area contributed by atoms with Crippen molar-refractivity contribution in [3.63, 3.8) is 0 Å². The second kappa shape index (κ2) is 4.33. The van der Waals surface area contributed by atoms with Crippen LogP contribution in [-0.4, -0.2) is 16.1 Å². The summed E-state index contributed by atoms with van der Waals surface area (Å²) >= 11 is 0. The first kappa shape index (κ1) is 10.5. The van der Waals surface area contributed by atoms with E-state index < -0.39 is 0 Å². The van der Waals surface area contributed by atoms with E-state index in [1.807, 2.05) is 54.6 Å². The second-order valence-corrected chi connectivity index (χ2v) is 3.95. The Morgan fingerprint density at radius 2 is 1.72 bits per heavy atom. The highest BCUT2D eigenvalue weighted by atomic mass is 15.5. The van der Waals surface area contributed by atoms with E-state index in [1.54, 1.807) is 11.0 Å². The molecule has 0 radical (unpaired) electrons. The van der Waals surface area contributed by atoms with Gasteiger partial charge in [0.25, 0.3) is 0 Å². The number of rotatable bonds is 2. The van der Waals surface area contributed by atoms with Crippen LogP contribution in [0.15, 0.2) is 59.7 Å². The summed E-state index contributed by atoms with van der Waals surface area (Å²) < 4.78 is 0. The fourth-order valence-electron chi connectivity index (χ4n) is 1.82. The first-order chi connectivity index (χ1) is 8.84. The number of nitrogens with zero attached hydrogens (tertiary/aromatic N) is 3. The molecule has 0 aliphatic heterocycles. The van der Waals surface area contributed by atoms with Crippen LogP contribution >= 0.6 is 0 Å². The molecule has 0 aliphatic rings. The zero-order valence-corrected chi connectivity index (χ0v) is 9.69. The first-order valence-electron chi connectivity index (χ1n) is 5.67. The lowest BCUT2D eigenvalue weighted by Gasteiger charge is -1.94. The maximum Gasteiger partial charge on any atom is 0.155 e. The van der Waals surface area contributed by atoms with Gasteiger partial charge in [-0.05, 0) is 17.7 Å². The lowest BCUT2D eigenvalue weighted by Crippen LogP contribution is -1.94. The molecule has 0 saturated heterocycles. The highest BCUT2D eigenvalue weighted by Crippen LogP contribution is 2.19. The molecule has 3 rings (SSSR count). The van der Waals surface area contributed by atoms with E-state index in [0.29, 0.717) is 5.82 Å². The van der Waals surface area contributed by atoms with Crippen LogP contribution in [0.3, 0.4) is 0 Å². The molecule has 0 bridgehead atoms. The molecule has 1 heterocycles. The molecular weight excluding hydrogens is 224 g/mol. The standard InChI is InChI=1S/C14H12N4/c15-14-12-8-4-5-9-13(12)18(17-14)16-10-11-6-2-1-3-7-11/h1-10H,(H2,15,17). The Bertz CT molecular complexity index is 698. The van der Waals surface area contributed by atoms with Crippen molar-refractivity contribution in [2.45, 2.75) is 0 Å². The van der Waals surface area contributed by atoms with E-state index in [2.05, 4.69) is 10.2 Å². The predicted molar refractivity (Wildman–Crippen MR) is 73.6 cm³/mol. The Hall–Kier alpha value is -2.62. The Labute approximate surface area is 104 Å². The zero-order chi connectivity index (χ0) is 12.4. The summed E-state index contributed by atoms with van der Waals surface area (Å²) in [6.45, 7) is 0. The fraction of sp³-hybridized carbons (Fsp3) is 0. The predicted octanol–water partition coefficient (Wildman–Crippen LogP) is 2.50. The molecule has 2 aromatic carbocycles. The smallest absolute Gasteiger partial charge is 0.155 e. The molecular formula is C14H12N4. The number of anilines is 1. The van der Waals surface area contributed by atoms with Crippen molar-refractivity contribution < 1.29 is 0 Å². The molecule has 0 spiro atoms. The van der Waals surface area contributed by atoms with Crippen LogP contribution in [0.25, 0.3) is 10.9 Å². The van der Waals surface area contributed by atoms with Crippen molar-refractivity contribution >= 4 is 22.9 Å². The molecule has 0 atom stereocenters. The Balaban J connectivity index is 2.03. The quantitative estimate of drug-likeness (QED) is 0.695. The highest BCUT2D eigenvalue weighted by Gasteiger charge is 2.05. The number of benzene rings is 2. The van der Waals surface area contributed by atoms with E-state index in [0.717, 1.165) is 16.5 Å². The van der Waals surface area contributed by atoms with E-state index in [-0.39, 0.29) is 0 Å². The van der Waals surface area contributed by atoms with Crippen LogP contribution in [0.2, 0.25) is 0 Å². The van der Waals surface area contributed by atoms with Gasteiger partial charge in [0.2, 0.25) is 0 Å². The minimum Gasteiger partial charge on any atom is -0.382 e. The number of nitrogens with two attached hydrogens (primary N) is 1.